The molecule has 0 aromatic rings. The Hall–Kier alpha value is -1.28. The van der Waals surface area contributed by atoms with Crippen molar-refractivity contribution in [1.82, 2.24) is 0 Å². The predicted molar refractivity (Wildman–Crippen MR) is 123 cm³/mol. The van der Waals surface area contributed by atoms with E-state index in [4.69, 9.17) is 0 Å². The maximum Gasteiger partial charge on any atom is 0.400 e. The third-order valence-corrected chi connectivity index (χ3v) is 8.93. The molecule has 0 spiro atoms. The molecule has 2 N–H and O–H groups in total. The van der Waals surface area contributed by atoms with E-state index in [2.05, 4.69) is 19.6 Å². The van der Waals surface area contributed by atoms with Crippen LogP contribution < -0.4 is 0 Å². The van der Waals surface area contributed by atoms with Crippen LogP contribution in [-0.4, -0.2) is 34.8 Å². The summed E-state index contributed by atoms with van der Waals surface area (Å²) in [6, 6.07) is 0. The number of aliphatic hydroxyl groups excluding tert-OH is 2. The molecule has 3 aliphatic rings. The van der Waals surface area contributed by atoms with E-state index >= 15 is 0 Å². The third-order valence-electron chi connectivity index (χ3n) is 8.93. The van der Waals surface area contributed by atoms with Crippen LogP contribution in [-0.2, 0) is 0 Å². The number of hydrogen-bond acceptors (Lipinski definition) is 2. The first-order chi connectivity index (χ1) is 16.1. The Morgan fingerprint density at radius 2 is 1.71 bits per heavy atom. The van der Waals surface area contributed by atoms with Gasteiger partial charge >= 0.3 is 12.4 Å². The van der Waals surface area contributed by atoms with Crippen LogP contribution >= 0.6 is 0 Å². The van der Waals surface area contributed by atoms with Crippen molar-refractivity contribution in [2.75, 3.05) is 0 Å². The zero-order valence-electron chi connectivity index (χ0n) is 20.6. The van der Waals surface area contributed by atoms with E-state index in [0.29, 0.717) is 30.8 Å². The standard InChI is InChI=1S/C27H38F6O2/c1-16(6-4-8-24(26(28,29)30)27(31,32)33)21-11-12-22-18(7-5-13-25(21,22)3)9-10-19-14-20(34)15-23(35)17(19)2/h9-10,16,20-24,34-35H,2,4-8,11-15H2,1,3H3/b18-9?,19-10-/t16-,20-,21-,22?,23-,25-/m1/s1. The molecular formula is C27H38F6O2. The van der Waals surface area contributed by atoms with Crippen LogP contribution in [0.1, 0.15) is 78.1 Å². The van der Waals surface area contributed by atoms with Crippen molar-refractivity contribution in [2.45, 2.75) is 103 Å². The van der Waals surface area contributed by atoms with Crippen molar-refractivity contribution in [1.29, 1.82) is 0 Å². The highest BCUT2D eigenvalue weighted by molar-refractivity contribution is 5.38. The number of aliphatic hydroxyl groups is 2. The molecule has 0 heterocycles. The van der Waals surface area contributed by atoms with Crippen LogP contribution in [0.4, 0.5) is 26.3 Å². The molecule has 6 atom stereocenters. The summed E-state index contributed by atoms with van der Waals surface area (Å²) in [6.45, 7) is 8.17. The molecule has 3 saturated carbocycles. The highest BCUT2D eigenvalue weighted by Gasteiger charge is 2.56. The smallest absolute Gasteiger partial charge is 0.393 e. The van der Waals surface area contributed by atoms with Crippen LogP contribution in [0.2, 0.25) is 0 Å². The average molecular weight is 509 g/mol. The van der Waals surface area contributed by atoms with Gasteiger partial charge in [0.1, 0.15) is 0 Å². The molecular weight excluding hydrogens is 470 g/mol. The van der Waals surface area contributed by atoms with Crippen molar-refractivity contribution < 1.29 is 36.6 Å². The van der Waals surface area contributed by atoms with Gasteiger partial charge in [-0.05, 0) is 79.3 Å². The van der Waals surface area contributed by atoms with Gasteiger partial charge in [-0.15, -0.1) is 0 Å². The fourth-order valence-electron chi connectivity index (χ4n) is 7.04. The number of fused-ring (bicyclic) bond motifs is 1. The molecule has 3 rings (SSSR count). The normalized spacial score (nSPS) is 35.7. The number of alkyl halides is 6. The van der Waals surface area contributed by atoms with Gasteiger partial charge in [0.25, 0.3) is 0 Å². The lowest BCUT2D eigenvalue weighted by Gasteiger charge is -2.44. The minimum absolute atomic E-state index is 0.0297. The van der Waals surface area contributed by atoms with Gasteiger partial charge in [0, 0.05) is 6.42 Å². The molecule has 0 saturated heterocycles. The number of hydrogen-bond donors (Lipinski definition) is 2. The van der Waals surface area contributed by atoms with Crippen molar-refractivity contribution in [2.24, 2.45) is 29.1 Å². The highest BCUT2D eigenvalue weighted by atomic mass is 19.4. The third kappa shape index (κ3) is 6.35. The van der Waals surface area contributed by atoms with E-state index in [0.717, 1.165) is 37.7 Å². The molecule has 8 heteroatoms. The molecule has 35 heavy (non-hydrogen) atoms. The van der Waals surface area contributed by atoms with Crippen LogP contribution in [0, 0.1) is 29.1 Å². The first-order valence-corrected chi connectivity index (χ1v) is 12.7. The molecule has 0 amide bonds. The Morgan fingerprint density at radius 3 is 2.34 bits per heavy atom. The largest absolute Gasteiger partial charge is 0.400 e. The van der Waals surface area contributed by atoms with Gasteiger partial charge < -0.3 is 10.2 Å². The quantitative estimate of drug-likeness (QED) is 0.362. The monoisotopic (exact) mass is 508 g/mol. The van der Waals surface area contributed by atoms with Crippen molar-refractivity contribution in [3.8, 4) is 0 Å². The maximum atomic E-state index is 12.9. The van der Waals surface area contributed by atoms with Gasteiger partial charge in [-0.3, -0.25) is 0 Å². The molecule has 1 unspecified atom stereocenters. The molecule has 0 aromatic carbocycles. The topological polar surface area (TPSA) is 40.5 Å². The zero-order valence-corrected chi connectivity index (χ0v) is 20.6. The lowest BCUT2D eigenvalue weighted by Crippen LogP contribution is -2.37. The molecule has 0 radical (unpaired) electrons. The molecule has 0 bridgehead atoms. The molecule has 0 aromatic heterocycles. The second kappa shape index (κ2) is 10.6. The average Bonchev–Trinajstić information content (AvgIpc) is 3.08. The molecule has 3 fully saturated rings. The molecule has 2 nitrogen and oxygen atoms in total. The zero-order chi connectivity index (χ0) is 26.2. The van der Waals surface area contributed by atoms with E-state index in [-0.39, 0.29) is 23.7 Å². The minimum Gasteiger partial charge on any atom is -0.393 e. The Bertz CT molecular complexity index is 813. The molecule has 3 aliphatic carbocycles. The number of halogens is 6. The van der Waals surface area contributed by atoms with E-state index in [9.17, 15) is 36.6 Å². The van der Waals surface area contributed by atoms with Crippen LogP contribution in [0.15, 0.2) is 35.5 Å². The van der Waals surface area contributed by atoms with E-state index in [1.165, 1.54) is 5.57 Å². The summed E-state index contributed by atoms with van der Waals surface area (Å²) in [5, 5.41) is 20.1. The van der Waals surface area contributed by atoms with Gasteiger partial charge in [0.2, 0.25) is 0 Å². The lowest BCUT2D eigenvalue weighted by molar-refractivity contribution is -0.286. The second-order valence-electron chi connectivity index (χ2n) is 11.2. The Labute approximate surface area is 204 Å². The Kier molecular flexibility index (Phi) is 8.57. The lowest BCUT2D eigenvalue weighted by atomic mass is 9.60. The summed E-state index contributed by atoms with van der Waals surface area (Å²) >= 11 is 0. The van der Waals surface area contributed by atoms with Gasteiger partial charge in [-0.1, -0.05) is 51.0 Å². The summed E-state index contributed by atoms with van der Waals surface area (Å²) in [7, 11) is 0. The van der Waals surface area contributed by atoms with Crippen molar-refractivity contribution in [3.05, 3.63) is 35.5 Å². The summed E-state index contributed by atoms with van der Waals surface area (Å²) in [5.41, 5.74) is 2.76. The summed E-state index contributed by atoms with van der Waals surface area (Å²) in [5.74, 6) is -2.62. The second-order valence-corrected chi connectivity index (χ2v) is 11.2. The van der Waals surface area contributed by atoms with E-state index < -0.39 is 36.9 Å². The predicted octanol–water partition coefficient (Wildman–Crippen LogP) is 7.67. The summed E-state index contributed by atoms with van der Waals surface area (Å²) in [4.78, 5) is 0. The highest BCUT2D eigenvalue weighted by Crippen LogP contribution is 2.60. The van der Waals surface area contributed by atoms with Gasteiger partial charge in [0.15, 0.2) is 5.92 Å². The Morgan fingerprint density at radius 1 is 1.06 bits per heavy atom. The maximum absolute atomic E-state index is 12.9. The van der Waals surface area contributed by atoms with Crippen LogP contribution in [0.25, 0.3) is 0 Å². The van der Waals surface area contributed by atoms with Gasteiger partial charge in [-0.25, -0.2) is 0 Å². The fourth-order valence-corrected chi connectivity index (χ4v) is 7.04. The summed E-state index contributed by atoms with van der Waals surface area (Å²) < 4.78 is 77.3. The number of allylic oxidation sites excluding steroid dienone is 3. The molecule has 0 aliphatic heterocycles. The first kappa shape index (κ1) is 28.3. The van der Waals surface area contributed by atoms with Gasteiger partial charge in [0.05, 0.1) is 12.2 Å². The Balaban J connectivity index is 1.67. The summed E-state index contributed by atoms with van der Waals surface area (Å²) in [6.07, 6.45) is -2.91. The molecule has 200 valence electrons. The van der Waals surface area contributed by atoms with Crippen LogP contribution in [0.5, 0.6) is 0 Å². The van der Waals surface area contributed by atoms with Gasteiger partial charge in [-0.2, -0.15) is 26.3 Å². The van der Waals surface area contributed by atoms with E-state index in [1.807, 2.05) is 13.0 Å². The van der Waals surface area contributed by atoms with Crippen LogP contribution in [0.3, 0.4) is 0 Å². The SMILES string of the molecule is C=C1/C(=C\C=C2CCC[C@@]3(C)C2CC[C@@H]3[C@H](C)CCCC(C(F)(F)F)C(F)(F)F)C[C@@H](O)C[C@H]1O. The first-order valence-electron chi connectivity index (χ1n) is 12.7. The minimum atomic E-state index is -5.26. The van der Waals surface area contributed by atoms with Crippen molar-refractivity contribution in [3.63, 3.8) is 0 Å². The number of rotatable bonds is 6. The van der Waals surface area contributed by atoms with E-state index in [1.54, 1.807) is 0 Å². The van der Waals surface area contributed by atoms with Crippen molar-refractivity contribution >= 4 is 0 Å². The fraction of sp³-hybridized carbons (Fsp3) is 0.778.